The normalized spacial score (nSPS) is 11.6. The van der Waals surface area contributed by atoms with Crippen molar-refractivity contribution in [2.45, 2.75) is 6.92 Å². The molecular formula is C9H9FO. The summed E-state index contributed by atoms with van der Waals surface area (Å²) in [6.07, 6.45) is 1.57. The molecule has 0 saturated carbocycles. The van der Waals surface area contributed by atoms with E-state index in [4.69, 9.17) is 5.11 Å². The van der Waals surface area contributed by atoms with Gasteiger partial charge in [-0.05, 0) is 30.7 Å². The monoisotopic (exact) mass is 152 g/mol. The Balaban J connectivity index is 2.91. The van der Waals surface area contributed by atoms with Gasteiger partial charge in [0.05, 0.1) is 5.76 Å². The molecule has 1 aromatic rings. The van der Waals surface area contributed by atoms with Crippen molar-refractivity contribution in [2.75, 3.05) is 0 Å². The first kappa shape index (κ1) is 7.79. The van der Waals surface area contributed by atoms with Gasteiger partial charge in [-0.2, -0.15) is 0 Å². The predicted molar refractivity (Wildman–Crippen MR) is 42.7 cm³/mol. The lowest BCUT2D eigenvalue weighted by Crippen LogP contribution is -1.76. The quantitative estimate of drug-likeness (QED) is 0.613. The zero-order valence-corrected chi connectivity index (χ0v) is 6.21. The summed E-state index contributed by atoms with van der Waals surface area (Å²) in [6.45, 7) is 1.57. The SMILES string of the molecule is C/C(O)=C/c1ccc(F)cc1. The van der Waals surface area contributed by atoms with E-state index in [9.17, 15) is 4.39 Å². The van der Waals surface area contributed by atoms with Crippen molar-refractivity contribution in [3.63, 3.8) is 0 Å². The number of aliphatic hydroxyl groups excluding tert-OH is 1. The van der Waals surface area contributed by atoms with Gasteiger partial charge in [-0.3, -0.25) is 0 Å². The molecule has 0 spiro atoms. The Morgan fingerprint density at radius 1 is 1.36 bits per heavy atom. The van der Waals surface area contributed by atoms with Crippen LogP contribution in [0, 0.1) is 5.82 Å². The van der Waals surface area contributed by atoms with Gasteiger partial charge in [-0.15, -0.1) is 0 Å². The van der Waals surface area contributed by atoms with E-state index in [2.05, 4.69) is 0 Å². The van der Waals surface area contributed by atoms with Gasteiger partial charge < -0.3 is 5.11 Å². The molecule has 0 aliphatic heterocycles. The second-order valence-corrected chi connectivity index (χ2v) is 2.34. The molecule has 1 N–H and O–H groups in total. The molecule has 1 nitrogen and oxygen atoms in total. The van der Waals surface area contributed by atoms with Crippen LogP contribution in [-0.4, -0.2) is 5.11 Å². The Bertz CT molecular complexity index is 257. The maximum atomic E-state index is 12.3. The zero-order valence-electron chi connectivity index (χ0n) is 6.21. The number of hydrogen-bond donors (Lipinski definition) is 1. The average Bonchev–Trinajstić information content (AvgIpc) is 1.93. The van der Waals surface area contributed by atoms with Crippen LogP contribution >= 0.6 is 0 Å². The first-order valence-electron chi connectivity index (χ1n) is 3.31. The molecule has 0 radical (unpaired) electrons. The topological polar surface area (TPSA) is 20.2 Å². The smallest absolute Gasteiger partial charge is 0.123 e. The van der Waals surface area contributed by atoms with Crippen LogP contribution in [0.25, 0.3) is 6.08 Å². The van der Waals surface area contributed by atoms with Crippen LogP contribution < -0.4 is 0 Å². The summed E-state index contributed by atoms with van der Waals surface area (Å²) < 4.78 is 12.3. The number of hydrogen-bond acceptors (Lipinski definition) is 1. The molecule has 0 aliphatic rings. The third-order valence-corrected chi connectivity index (χ3v) is 1.25. The minimum atomic E-state index is -0.266. The van der Waals surface area contributed by atoms with E-state index >= 15 is 0 Å². The largest absolute Gasteiger partial charge is 0.513 e. The molecule has 0 bridgehead atoms. The van der Waals surface area contributed by atoms with Gasteiger partial charge in [-0.25, -0.2) is 4.39 Å². The summed E-state index contributed by atoms with van der Waals surface area (Å²) in [5.74, 6) is -0.0469. The van der Waals surface area contributed by atoms with Crippen molar-refractivity contribution in [3.8, 4) is 0 Å². The minimum Gasteiger partial charge on any atom is -0.513 e. The fraction of sp³-hybridized carbons (Fsp3) is 0.111. The lowest BCUT2D eigenvalue weighted by Gasteiger charge is -1.92. The van der Waals surface area contributed by atoms with Crippen molar-refractivity contribution < 1.29 is 9.50 Å². The third-order valence-electron chi connectivity index (χ3n) is 1.25. The van der Waals surface area contributed by atoms with Crippen molar-refractivity contribution in [1.82, 2.24) is 0 Å². The van der Waals surface area contributed by atoms with Crippen LogP contribution in [0.4, 0.5) is 4.39 Å². The summed E-state index contributed by atoms with van der Waals surface area (Å²) in [6, 6.07) is 5.92. The fourth-order valence-corrected chi connectivity index (χ4v) is 0.800. The van der Waals surface area contributed by atoms with E-state index in [1.807, 2.05) is 0 Å². The van der Waals surface area contributed by atoms with Crippen LogP contribution in [0.3, 0.4) is 0 Å². The summed E-state index contributed by atoms with van der Waals surface area (Å²) in [7, 11) is 0. The molecule has 1 aromatic carbocycles. The molecule has 0 amide bonds. The fourth-order valence-electron chi connectivity index (χ4n) is 0.800. The van der Waals surface area contributed by atoms with E-state index in [1.165, 1.54) is 12.1 Å². The Morgan fingerprint density at radius 3 is 2.36 bits per heavy atom. The number of benzene rings is 1. The van der Waals surface area contributed by atoms with E-state index in [-0.39, 0.29) is 11.6 Å². The molecule has 11 heavy (non-hydrogen) atoms. The van der Waals surface area contributed by atoms with Gasteiger partial charge in [0.1, 0.15) is 5.82 Å². The van der Waals surface area contributed by atoms with Gasteiger partial charge >= 0.3 is 0 Å². The first-order valence-corrected chi connectivity index (χ1v) is 3.31. The highest BCUT2D eigenvalue weighted by atomic mass is 19.1. The van der Waals surface area contributed by atoms with Crippen LogP contribution in [0.5, 0.6) is 0 Å². The zero-order chi connectivity index (χ0) is 8.27. The van der Waals surface area contributed by atoms with Gasteiger partial charge in [-0.1, -0.05) is 12.1 Å². The maximum absolute atomic E-state index is 12.3. The minimum absolute atomic E-state index is 0.219. The molecule has 0 saturated heterocycles. The van der Waals surface area contributed by atoms with E-state index in [0.29, 0.717) is 0 Å². The molecule has 0 fully saturated rings. The second-order valence-electron chi connectivity index (χ2n) is 2.34. The predicted octanol–water partition coefficient (Wildman–Crippen LogP) is 2.74. The highest BCUT2D eigenvalue weighted by Crippen LogP contribution is 2.06. The van der Waals surface area contributed by atoms with Gasteiger partial charge in [0.15, 0.2) is 0 Å². The molecule has 0 aliphatic carbocycles. The van der Waals surface area contributed by atoms with Crippen LogP contribution in [0.1, 0.15) is 12.5 Å². The highest BCUT2D eigenvalue weighted by molar-refractivity contribution is 5.50. The molecule has 0 atom stereocenters. The molecule has 0 aromatic heterocycles. The standard InChI is InChI=1S/C9H9FO/c1-7(11)6-8-2-4-9(10)5-3-8/h2-6,11H,1H3/b7-6-. The van der Waals surface area contributed by atoms with E-state index in [1.54, 1.807) is 25.1 Å². The first-order chi connectivity index (χ1) is 5.18. The third kappa shape index (κ3) is 2.42. The number of allylic oxidation sites excluding steroid dienone is 1. The Kier molecular flexibility index (Phi) is 2.26. The molecule has 0 unspecified atom stereocenters. The molecular weight excluding hydrogens is 143 g/mol. The van der Waals surface area contributed by atoms with Crippen molar-refractivity contribution in [1.29, 1.82) is 0 Å². The summed E-state index contributed by atoms with van der Waals surface area (Å²) in [5, 5.41) is 8.84. The van der Waals surface area contributed by atoms with Crippen molar-refractivity contribution >= 4 is 6.08 Å². The molecule has 1 rings (SSSR count). The van der Waals surface area contributed by atoms with Crippen LogP contribution in [-0.2, 0) is 0 Å². The van der Waals surface area contributed by atoms with Crippen LogP contribution in [0.15, 0.2) is 30.0 Å². The van der Waals surface area contributed by atoms with Crippen LogP contribution in [0.2, 0.25) is 0 Å². The number of aliphatic hydroxyl groups is 1. The van der Waals surface area contributed by atoms with E-state index in [0.717, 1.165) is 5.56 Å². The lowest BCUT2D eigenvalue weighted by molar-refractivity contribution is 0.420. The molecule has 2 heteroatoms. The molecule has 58 valence electrons. The Labute approximate surface area is 64.8 Å². The van der Waals surface area contributed by atoms with Crippen molar-refractivity contribution in [2.24, 2.45) is 0 Å². The average molecular weight is 152 g/mol. The Morgan fingerprint density at radius 2 is 1.91 bits per heavy atom. The van der Waals surface area contributed by atoms with Gasteiger partial charge in [0, 0.05) is 0 Å². The molecule has 0 heterocycles. The summed E-state index contributed by atoms with van der Waals surface area (Å²) in [5.41, 5.74) is 0.798. The van der Waals surface area contributed by atoms with Gasteiger partial charge in [0.25, 0.3) is 0 Å². The maximum Gasteiger partial charge on any atom is 0.123 e. The van der Waals surface area contributed by atoms with Gasteiger partial charge in [0.2, 0.25) is 0 Å². The summed E-state index contributed by atoms with van der Waals surface area (Å²) in [4.78, 5) is 0. The van der Waals surface area contributed by atoms with Crippen molar-refractivity contribution in [3.05, 3.63) is 41.4 Å². The Hall–Kier alpha value is -1.31. The number of halogens is 1. The van der Waals surface area contributed by atoms with E-state index < -0.39 is 0 Å². The second kappa shape index (κ2) is 3.19. The highest BCUT2D eigenvalue weighted by Gasteiger charge is 1.89. The summed E-state index contributed by atoms with van der Waals surface area (Å²) >= 11 is 0. The number of rotatable bonds is 1. The lowest BCUT2D eigenvalue weighted by atomic mass is 10.2.